The van der Waals surface area contributed by atoms with Crippen LogP contribution < -0.4 is 4.74 Å². The first-order chi connectivity index (χ1) is 12.0. The number of amides is 1. The molecule has 1 atom stereocenters. The van der Waals surface area contributed by atoms with Crippen molar-refractivity contribution in [2.75, 3.05) is 33.8 Å². The molecular weight excluding hydrogens is 312 g/mol. The van der Waals surface area contributed by atoms with Crippen LogP contribution in [0.4, 0.5) is 0 Å². The van der Waals surface area contributed by atoms with Gasteiger partial charge >= 0.3 is 0 Å². The van der Waals surface area contributed by atoms with Gasteiger partial charge in [-0.1, -0.05) is 25.1 Å². The van der Waals surface area contributed by atoms with E-state index in [4.69, 9.17) is 4.74 Å². The first-order valence-corrected chi connectivity index (χ1v) is 9.08. The van der Waals surface area contributed by atoms with Gasteiger partial charge in [0.05, 0.1) is 13.7 Å². The Hall–Kier alpha value is -2.07. The Kier molecular flexibility index (Phi) is 5.59. The van der Waals surface area contributed by atoms with Crippen LogP contribution in [0.15, 0.2) is 36.4 Å². The van der Waals surface area contributed by atoms with Crippen molar-refractivity contribution in [3.05, 3.63) is 42.0 Å². The van der Waals surface area contributed by atoms with Gasteiger partial charge in [-0.15, -0.1) is 0 Å². The van der Waals surface area contributed by atoms with Crippen LogP contribution in [0, 0.1) is 5.92 Å². The van der Waals surface area contributed by atoms with Crippen molar-refractivity contribution in [2.45, 2.75) is 26.3 Å². The summed E-state index contributed by atoms with van der Waals surface area (Å²) in [6, 6.07) is 12.4. The predicted octanol–water partition coefficient (Wildman–Crippen LogP) is 3.54. The van der Waals surface area contributed by atoms with Gasteiger partial charge in [-0.2, -0.15) is 0 Å². The SMILES string of the molecule is COc1ccc2cc(CN(C)C(=O)CN3CCC[C@@H](C)C3)ccc2c1. The Labute approximate surface area is 150 Å². The number of methoxy groups -OCH3 is 1. The standard InChI is InChI=1S/C21H28N2O2/c1-16-5-4-10-23(13-16)15-21(24)22(2)14-17-6-7-19-12-20(25-3)9-8-18(19)11-17/h6-9,11-12,16H,4-5,10,13-15H2,1-3H3/t16-/m1/s1. The van der Waals surface area contributed by atoms with Crippen LogP contribution in [-0.4, -0.2) is 49.5 Å². The van der Waals surface area contributed by atoms with E-state index in [2.05, 4.69) is 36.1 Å². The Morgan fingerprint density at radius 2 is 2.00 bits per heavy atom. The second-order valence-corrected chi connectivity index (χ2v) is 7.28. The summed E-state index contributed by atoms with van der Waals surface area (Å²) < 4.78 is 5.27. The van der Waals surface area contributed by atoms with Crippen molar-refractivity contribution in [1.82, 2.24) is 9.80 Å². The lowest BCUT2D eigenvalue weighted by atomic mass is 10.0. The molecule has 0 bridgehead atoms. The molecule has 0 N–H and O–H groups in total. The zero-order valence-electron chi connectivity index (χ0n) is 15.5. The van der Waals surface area contributed by atoms with Crippen molar-refractivity contribution in [3.63, 3.8) is 0 Å². The lowest BCUT2D eigenvalue weighted by molar-refractivity contribution is -0.132. The zero-order valence-corrected chi connectivity index (χ0v) is 15.5. The Morgan fingerprint density at radius 3 is 2.76 bits per heavy atom. The normalized spacial score (nSPS) is 18.3. The van der Waals surface area contributed by atoms with Crippen LogP contribution in [0.3, 0.4) is 0 Å². The summed E-state index contributed by atoms with van der Waals surface area (Å²) in [5.41, 5.74) is 1.15. The highest BCUT2D eigenvalue weighted by molar-refractivity contribution is 5.84. The van der Waals surface area contributed by atoms with Crippen molar-refractivity contribution in [3.8, 4) is 5.75 Å². The third-order valence-electron chi connectivity index (χ3n) is 5.06. The third kappa shape index (κ3) is 4.51. The number of carbonyl (C=O) groups is 1. The molecule has 1 amide bonds. The topological polar surface area (TPSA) is 32.8 Å². The number of hydrogen-bond acceptors (Lipinski definition) is 3. The maximum atomic E-state index is 12.5. The van der Waals surface area contributed by atoms with Gasteiger partial charge in [0.1, 0.15) is 5.75 Å². The molecule has 25 heavy (non-hydrogen) atoms. The van der Waals surface area contributed by atoms with Crippen molar-refractivity contribution in [2.24, 2.45) is 5.92 Å². The monoisotopic (exact) mass is 340 g/mol. The third-order valence-corrected chi connectivity index (χ3v) is 5.06. The average Bonchev–Trinajstić information content (AvgIpc) is 2.61. The zero-order chi connectivity index (χ0) is 17.8. The highest BCUT2D eigenvalue weighted by Gasteiger charge is 2.20. The lowest BCUT2D eigenvalue weighted by Gasteiger charge is -2.31. The van der Waals surface area contributed by atoms with Gasteiger partial charge < -0.3 is 9.64 Å². The van der Waals surface area contributed by atoms with Gasteiger partial charge in [-0.25, -0.2) is 0 Å². The molecular formula is C21H28N2O2. The van der Waals surface area contributed by atoms with Gasteiger partial charge in [-0.05, 0) is 59.8 Å². The molecule has 0 aromatic heterocycles. The lowest BCUT2D eigenvalue weighted by Crippen LogP contribution is -2.42. The number of fused-ring (bicyclic) bond motifs is 1. The van der Waals surface area contributed by atoms with Gasteiger partial charge in [0.25, 0.3) is 0 Å². The van der Waals surface area contributed by atoms with E-state index < -0.39 is 0 Å². The van der Waals surface area contributed by atoms with E-state index in [9.17, 15) is 4.79 Å². The summed E-state index contributed by atoms with van der Waals surface area (Å²) in [6.45, 7) is 5.53. The number of likely N-dealkylation sites (N-methyl/N-ethyl adjacent to an activating group) is 1. The van der Waals surface area contributed by atoms with Gasteiger partial charge in [0.15, 0.2) is 0 Å². The molecule has 134 valence electrons. The Morgan fingerprint density at radius 1 is 1.24 bits per heavy atom. The van der Waals surface area contributed by atoms with E-state index in [0.717, 1.165) is 29.8 Å². The fourth-order valence-corrected chi connectivity index (χ4v) is 3.60. The summed E-state index contributed by atoms with van der Waals surface area (Å²) >= 11 is 0. The molecule has 2 aromatic carbocycles. The van der Waals surface area contributed by atoms with Crippen LogP contribution in [0.25, 0.3) is 10.8 Å². The van der Waals surface area contributed by atoms with Gasteiger partial charge in [0.2, 0.25) is 5.91 Å². The smallest absolute Gasteiger partial charge is 0.236 e. The minimum atomic E-state index is 0.198. The summed E-state index contributed by atoms with van der Waals surface area (Å²) in [4.78, 5) is 16.7. The van der Waals surface area contributed by atoms with E-state index >= 15 is 0 Å². The number of piperidine rings is 1. The Bertz CT molecular complexity index is 744. The van der Waals surface area contributed by atoms with Crippen LogP contribution >= 0.6 is 0 Å². The molecule has 0 aliphatic carbocycles. The molecule has 3 rings (SSSR count). The second-order valence-electron chi connectivity index (χ2n) is 7.28. The number of likely N-dealkylation sites (tertiary alicyclic amines) is 1. The summed E-state index contributed by atoms with van der Waals surface area (Å²) in [5.74, 6) is 1.76. The fourth-order valence-electron chi connectivity index (χ4n) is 3.60. The minimum absolute atomic E-state index is 0.198. The number of nitrogens with zero attached hydrogens (tertiary/aromatic N) is 2. The molecule has 4 nitrogen and oxygen atoms in total. The molecule has 2 aromatic rings. The van der Waals surface area contributed by atoms with E-state index in [-0.39, 0.29) is 5.91 Å². The maximum absolute atomic E-state index is 12.5. The number of ether oxygens (including phenoxy) is 1. The van der Waals surface area contributed by atoms with Crippen LogP contribution in [0.1, 0.15) is 25.3 Å². The van der Waals surface area contributed by atoms with Crippen LogP contribution in [0.5, 0.6) is 5.75 Å². The number of hydrogen-bond donors (Lipinski definition) is 0. The number of benzene rings is 2. The second kappa shape index (κ2) is 7.87. The molecule has 0 spiro atoms. The van der Waals surface area contributed by atoms with E-state index in [1.54, 1.807) is 7.11 Å². The highest BCUT2D eigenvalue weighted by Crippen LogP contribution is 2.22. The van der Waals surface area contributed by atoms with E-state index in [0.29, 0.717) is 19.0 Å². The summed E-state index contributed by atoms with van der Waals surface area (Å²) in [5, 5.41) is 2.32. The summed E-state index contributed by atoms with van der Waals surface area (Å²) in [7, 11) is 3.58. The highest BCUT2D eigenvalue weighted by atomic mass is 16.5. The molecule has 0 radical (unpaired) electrons. The van der Waals surface area contributed by atoms with Gasteiger partial charge in [-0.3, -0.25) is 9.69 Å². The molecule has 1 heterocycles. The maximum Gasteiger partial charge on any atom is 0.236 e. The summed E-state index contributed by atoms with van der Waals surface area (Å²) in [6.07, 6.45) is 2.48. The Balaban J connectivity index is 1.62. The van der Waals surface area contributed by atoms with Crippen LogP contribution in [0.2, 0.25) is 0 Å². The first-order valence-electron chi connectivity index (χ1n) is 9.08. The molecule has 1 fully saturated rings. The molecule has 1 aliphatic heterocycles. The number of carbonyl (C=O) groups excluding carboxylic acids is 1. The van der Waals surface area contributed by atoms with Crippen molar-refractivity contribution in [1.29, 1.82) is 0 Å². The van der Waals surface area contributed by atoms with Gasteiger partial charge in [0, 0.05) is 20.1 Å². The predicted molar refractivity (Wildman–Crippen MR) is 102 cm³/mol. The molecule has 1 aliphatic rings. The first kappa shape index (κ1) is 17.7. The fraction of sp³-hybridized carbons (Fsp3) is 0.476. The minimum Gasteiger partial charge on any atom is -0.497 e. The number of rotatable bonds is 5. The van der Waals surface area contributed by atoms with Crippen LogP contribution in [-0.2, 0) is 11.3 Å². The largest absolute Gasteiger partial charge is 0.497 e. The molecule has 0 unspecified atom stereocenters. The van der Waals surface area contributed by atoms with Crippen molar-refractivity contribution >= 4 is 16.7 Å². The molecule has 1 saturated heterocycles. The van der Waals surface area contributed by atoms with Crippen molar-refractivity contribution < 1.29 is 9.53 Å². The van der Waals surface area contributed by atoms with E-state index in [1.165, 1.54) is 18.2 Å². The van der Waals surface area contributed by atoms with E-state index in [1.807, 2.05) is 24.1 Å². The average molecular weight is 340 g/mol. The molecule has 4 heteroatoms. The molecule has 0 saturated carbocycles. The quantitative estimate of drug-likeness (QED) is 0.835.